The van der Waals surface area contributed by atoms with Gasteiger partial charge in [-0.15, -0.1) is 0 Å². The van der Waals surface area contributed by atoms with Gasteiger partial charge in [-0.05, 0) is 25.3 Å². The summed E-state index contributed by atoms with van der Waals surface area (Å²) in [5.74, 6) is -0.207. The Kier molecular flexibility index (Phi) is 4.31. The third-order valence-electron chi connectivity index (χ3n) is 3.37. The van der Waals surface area contributed by atoms with Crippen LogP contribution in [0.3, 0.4) is 0 Å². The van der Waals surface area contributed by atoms with Gasteiger partial charge in [-0.25, -0.2) is 4.68 Å². The van der Waals surface area contributed by atoms with Gasteiger partial charge in [0.15, 0.2) is 0 Å². The number of rotatable bonds is 4. The van der Waals surface area contributed by atoms with Gasteiger partial charge in [-0.2, -0.15) is 5.10 Å². The Balaban J connectivity index is 2.24. The molecule has 104 valence electrons. The maximum atomic E-state index is 12.3. The zero-order chi connectivity index (χ0) is 13.8. The van der Waals surface area contributed by atoms with E-state index in [1.807, 2.05) is 6.92 Å². The summed E-state index contributed by atoms with van der Waals surface area (Å²) in [7, 11) is 0. The van der Waals surface area contributed by atoms with Gasteiger partial charge >= 0.3 is 0 Å². The number of aliphatic hydroxyl groups excluding tert-OH is 1. The molecule has 2 heterocycles. The molecule has 6 nitrogen and oxygen atoms in total. The third kappa shape index (κ3) is 2.84. The van der Waals surface area contributed by atoms with Crippen LogP contribution in [0.4, 0.5) is 0 Å². The van der Waals surface area contributed by atoms with Gasteiger partial charge in [0.2, 0.25) is 0 Å². The summed E-state index contributed by atoms with van der Waals surface area (Å²) in [5, 5.41) is 13.4. The zero-order valence-electron chi connectivity index (χ0n) is 11.1. The second-order valence-corrected chi connectivity index (χ2v) is 4.76. The number of amides is 1. The molecule has 19 heavy (non-hydrogen) atoms. The van der Waals surface area contributed by atoms with Gasteiger partial charge in [0, 0.05) is 19.2 Å². The first-order valence-corrected chi connectivity index (χ1v) is 6.67. The molecule has 1 atom stereocenters. The molecule has 0 saturated carbocycles. The first kappa shape index (κ1) is 13.7. The summed E-state index contributed by atoms with van der Waals surface area (Å²) in [6.07, 6.45) is 2.50. The standard InChI is InChI=1S/C13H19N3O3/c1-2-7-16-12(18)6-5-11(14-16)13(19)15-8-3-4-10(15)9-17/h5-6,10,17H,2-4,7-9H2,1H3/t10-/m0/s1. The molecular formula is C13H19N3O3. The number of aryl methyl sites for hydroxylation is 1. The minimum absolute atomic E-state index is 0.0274. The summed E-state index contributed by atoms with van der Waals surface area (Å²) in [6, 6.07) is 2.71. The van der Waals surface area contributed by atoms with Crippen molar-refractivity contribution in [2.45, 2.75) is 38.8 Å². The third-order valence-corrected chi connectivity index (χ3v) is 3.37. The molecule has 1 amide bonds. The van der Waals surface area contributed by atoms with E-state index in [4.69, 9.17) is 0 Å². The van der Waals surface area contributed by atoms with Crippen LogP contribution in [0.15, 0.2) is 16.9 Å². The molecule has 0 unspecified atom stereocenters. The molecule has 2 rings (SSSR count). The summed E-state index contributed by atoms with van der Waals surface area (Å²) in [6.45, 7) is 3.06. The molecule has 1 aromatic rings. The van der Waals surface area contributed by atoms with Crippen molar-refractivity contribution in [3.8, 4) is 0 Å². The average Bonchev–Trinajstić information content (AvgIpc) is 2.89. The van der Waals surface area contributed by atoms with Gasteiger partial charge < -0.3 is 10.0 Å². The van der Waals surface area contributed by atoms with Crippen LogP contribution in [0.25, 0.3) is 0 Å². The minimum Gasteiger partial charge on any atom is -0.394 e. The maximum absolute atomic E-state index is 12.3. The number of carbonyl (C=O) groups is 1. The van der Waals surface area contributed by atoms with Crippen molar-refractivity contribution in [1.29, 1.82) is 0 Å². The van der Waals surface area contributed by atoms with E-state index in [9.17, 15) is 14.7 Å². The predicted octanol–water partition coefficient (Wildman–Crippen LogP) is 0.250. The summed E-state index contributed by atoms with van der Waals surface area (Å²) in [5.41, 5.74) is 0.0759. The lowest BCUT2D eigenvalue weighted by molar-refractivity contribution is 0.0669. The SMILES string of the molecule is CCCn1nc(C(=O)N2CCC[C@H]2CO)ccc1=O. The number of hydrogen-bond donors (Lipinski definition) is 1. The van der Waals surface area contributed by atoms with Crippen LogP contribution in [0.1, 0.15) is 36.7 Å². The van der Waals surface area contributed by atoms with Gasteiger partial charge in [0.25, 0.3) is 11.5 Å². The molecule has 0 aromatic carbocycles. The number of carbonyl (C=O) groups excluding carboxylic acids is 1. The van der Waals surface area contributed by atoms with Crippen LogP contribution in [-0.2, 0) is 6.54 Å². The fourth-order valence-corrected chi connectivity index (χ4v) is 2.37. The maximum Gasteiger partial charge on any atom is 0.274 e. The van der Waals surface area contributed by atoms with Crippen molar-refractivity contribution in [3.05, 3.63) is 28.2 Å². The van der Waals surface area contributed by atoms with Gasteiger partial charge in [0.05, 0.1) is 12.6 Å². The highest BCUT2D eigenvalue weighted by Gasteiger charge is 2.29. The Labute approximate surface area is 111 Å². The fourth-order valence-electron chi connectivity index (χ4n) is 2.37. The second-order valence-electron chi connectivity index (χ2n) is 4.76. The van der Waals surface area contributed by atoms with E-state index in [2.05, 4.69) is 5.10 Å². The smallest absolute Gasteiger partial charge is 0.274 e. The number of hydrogen-bond acceptors (Lipinski definition) is 4. The number of likely N-dealkylation sites (tertiary alicyclic amines) is 1. The molecule has 1 aliphatic rings. The lowest BCUT2D eigenvalue weighted by Gasteiger charge is -2.22. The van der Waals surface area contributed by atoms with E-state index in [-0.39, 0.29) is 29.8 Å². The highest BCUT2D eigenvalue weighted by atomic mass is 16.3. The van der Waals surface area contributed by atoms with Crippen LogP contribution >= 0.6 is 0 Å². The van der Waals surface area contributed by atoms with Crippen molar-refractivity contribution < 1.29 is 9.90 Å². The van der Waals surface area contributed by atoms with Crippen molar-refractivity contribution >= 4 is 5.91 Å². The molecule has 6 heteroatoms. The Morgan fingerprint density at radius 3 is 3.00 bits per heavy atom. The van der Waals surface area contributed by atoms with E-state index < -0.39 is 0 Å². The normalized spacial score (nSPS) is 18.8. The lowest BCUT2D eigenvalue weighted by atomic mass is 10.2. The molecular weight excluding hydrogens is 246 g/mol. The lowest BCUT2D eigenvalue weighted by Crippen LogP contribution is -2.39. The quantitative estimate of drug-likeness (QED) is 0.846. The highest BCUT2D eigenvalue weighted by molar-refractivity contribution is 5.92. The summed E-state index contributed by atoms with van der Waals surface area (Å²) >= 11 is 0. The first-order chi connectivity index (χ1) is 9.17. The molecule has 1 saturated heterocycles. The molecule has 0 spiro atoms. The second kappa shape index (κ2) is 5.97. The summed E-state index contributed by atoms with van der Waals surface area (Å²) < 4.78 is 1.32. The molecule has 0 aliphatic carbocycles. The molecule has 1 aromatic heterocycles. The van der Waals surface area contributed by atoms with Crippen molar-refractivity contribution in [2.75, 3.05) is 13.2 Å². The van der Waals surface area contributed by atoms with E-state index in [0.29, 0.717) is 13.1 Å². The summed E-state index contributed by atoms with van der Waals surface area (Å²) in [4.78, 5) is 25.5. The van der Waals surface area contributed by atoms with E-state index in [0.717, 1.165) is 19.3 Å². The first-order valence-electron chi connectivity index (χ1n) is 6.67. The zero-order valence-corrected chi connectivity index (χ0v) is 11.1. The Hall–Kier alpha value is -1.69. The van der Waals surface area contributed by atoms with Gasteiger partial charge in [-0.1, -0.05) is 6.92 Å². The van der Waals surface area contributed by atoms with Crippen LogP contribution in [0.2, 0.25) is 0 Å². The molecule has 1 fully saturated rings. The van der Waals surface area contributed by atoms with Crippen LogP contribution in [0, 0.1) is 0 Å². The largest absolute Gasteiger partial charge is 0.394 e. The van der Waals surface area contributed by atoms with E-state index >= 15 is 0 Å². The molecule has 1 aliphatic heterocycles. The van der Waals surface area contributed by atoms with Crippen molar-refractivity contribution in [2.24, 2.45) is 0 Å². The van der Waals surface area contributed by atoms with E-state index in [1.54, 1.807) is 4.90 Å². The van der Waals surface area contributed by atoms with Crippen LogP contribution < -0.4 is 5.56 Å². The number of aliphatic hydroxyl groups is 1. The molecule has 1 N–H and O–H groups in total. The van der Waals surface area contributed by atoms with E-state index in [1.165, 1.54) is 16.8 Å². The molecule has 0 radical (unpaired) electrons. The Bertz CT molecular complexity index is 512. The topological polar surface area (TPSA) is 75.4 Å². The number of nitrogens with zero attached hydrogens (tertiary/aromatic N) is 3. The monoisotopic (exact) mass is 265 g/mol. The highest BCUT2D eigenvalue weighted by Crippen LogP contribution is 2.18. The minimum atomic E-state index is -0.207. The van der Waals surface area contributed by atoms with Crippen molar-refractivity contribution in [3.63, 3.8) is 0 Å². The van der Waals surface area contributed by atoms with Crippen molar-refractivity contribution in [1.82, 2.24) is 14.7 Å². The molecule has 0 bridgehead atoms. The fraction of sp³-hybridized carbons (Fsp3) is 0.615. The number of aromatic nitrogens is 2. The van der Waals surface area contributed by atoms with Crippen LogP contribution in [0.5, 0.6) is 0 Å². The van der Waals surface area contributed by atoms with Gasteiger partial charge in [0.1, 0.15) is 5.69 Å². The Morgan fingerprint density at radius 1 is 1.53 bits per heavy atom. The predicted molar refractivity (Wildman–Crippen MR) is 69.9 cm³/mol. The van der Waals surface area contributed by atoms with Crippen LogP contribution in [-0.4, -0.2) is 44.9 Å². The Morgan fingerprint density at radius 2 is 2.32 bits per heavy atom. The van der Waals surface area contributed by atoms with Gasteiger partial charge in [-0.3, -0.25) is 9.59 Å². The average molecular weight is 265 g/mol.